The summed E-state index contributed by atoms with van der Waals surface area (Å²) < 4.78 is 17.6. The summed E-state index contributed by atoms with van der Waals surface area (Å²) in [5, 5.41) is 8.98. The highest BCUT2D eigenvalue weighted by atomic mass is 16.5. The topological polar surface area (TPSA) is 107 Å². The van der Waals surface area contributed by atoms with Gasteiger partial charge in [0.2, 0.25) is 0 Å². The molecule has 36 heavy (non-hydrogen) atoms. The van der Waals surface area contributed by atoms with Crippen molar-refractivity contribution < 1.29 is 19.1 Å². The molecule has 0 bridgehead atoms. The van der Waals surface area contributed by atoms with Gasteiger partial charge in [-0.15, -0.1) is 4.74 Å². The van der Waals surface area contributed by atoms with Crippen molar-refractivity contribution in [3.05, 3.63) is 103 Å². The van der Waals surface area contributed by atoms with Gasteiger partial charge in [-0.1, -0.05) is 30.3 Å². The average molecular weight is 491 g/mol. The third-order valence-corrected chi connectivity index (χ3v) is 6.07. The van der Waals surface area contributed by atoms with E-state index in [0.717, 1.165) is 43.9 Å². The van der Waals surface area contributed by atoms with Crippen molar-refractivity contribution in [1.29, 1.82) is 0 Å². The maximum atomic E-state index is 11.6. The second-order valence-corrected chi connectivity index (χ2v) is 8.73. The molecule has 2 N–H and O–H groups in total. The van der Waals surface area contributed by atoms with Crippen LogP contribution in [0.4, 0.5) is 0 Å². The third-order valence-electron chi connectivity index (χ3n) is 6.07. The molecule has 0 radical (unpaired) electrons. The first-order chi connectivity index (χ1) is 17.4. The number of hydrogen-bond acceptors (Lipinski definition) is 6. The zero-order chi connectivity index (χ0) is 25.7. The number of ether oxygens (including phenoxy) is 2. The number of rotatable bonds is 10. The van der Waals surface area contributed by atoms with Crippen molar-refractivity contribution in [3.63, 3.8) is 0 Å². The highest BCUT2D eigenvalue weighted by Crippen LogP contribution is 2.34. The fourth-order valence-electron chi connectivity index (χ4n) is 4.23. The zero-order valence-corrected chi connectivity index (χ0v) is 20.7. The lowest BCUT2D eigenvalue weighted by Crippen LogP contribution is -2.17. The summed E-state index contributed by atoms with van der Waals surface area (Å²) in [5.74, 6) is 0.736. The van der Waals surface area contributed by atoms with Crippen molar-refractivity contribution >= 4 is 0 Å². The summed E-state index contributed by atoms with van der Waals surface area (Å²) in [7, 11) is 0. The van der Waals surface area contributed by atoms with Crippen LogP contribution in [0.5, 0.6) is 11.5 Å². The van der Waals surface area contributed by atoms with E-state index in [-0.39, 0.29) is 13.2 Å². The van der Waals surface area contributed by atoms with Crippen molar-refractivity contribution in [2.75, 3.05) is 13.2 Å². The number of H-pyrrole nitrogens is 1. The molecule has 0 unspecified atom stereocenters. The summed E-state index contributed by atoms with van der Waals surface area (Å²) in [6.07, 6.45) is 0.606. The van der Waals surface area contributed by atoms with Gasteiger partial charge in [-0.3, -0.25) is 0 Å². The molecule has 1 aromatic heterocycles. The van der Waals surface area contributed by atoms with Gasteiger partial charge in [0, 0.05) is 13.0 Å². The van der Waals surface area contributed by atoms with Gasteiger partial charge >= 0.3 is 11.4 Å². The van der Waals surface area contributed by atoms with Crippen LogP contribution in [-0.4, -0.2) is 28.0 Å². The van der Waals surface area contributed by atoms with E-state index in [4.69, 9.17) is 19.1 Å². The summed E-state index contributed by atoms with van der Waals surface area (Å²) in [6.45, 7) is 7.43. The first-order valence-corrected chi connectivity index (χ1v) is 11.8. The van der Waals surface area contributed by atoms with E-state index in [2.05, 4.69) is 37.9 Å². The molecule has 1 heterocycles. The minimum atomic E-state index is -0.773. The molecule has 0 saturated carbocycles. The molecule has 0 spiro atoms. The number of nitrogens with zero attached hydrogens (tertiary/aromatic N) is 1. The number of aliphatic hydroxyl groups is 1. The number of aliphatic hydroxyl groups excluding tert-OH is 1. The molecular formula is C28H30N2O6. The van der Waals surface area contributed by atoms with Crippen LogP contribution in [0.3, 0.4) is 0 Å². The fraction of sp³-hybridized carbons (Fsp3) is 0.286. The molecule has 3 aromatic carbocycles. The second kappa shape index (κ2) is 11.1. The monoisotopic (exact) mass is 490 g/mol. The van der Waals surface area contributed by atoms with Crippen LogP contribution >= 0.6 is 0 Å². The van der Waals surface area contributed by atoms with Gasteiger partial charge in [0.1, 0.15) is 18.1 Å². The second-order valence-electron chi connectivity index (χ2n) is 8.73. The molecule has 4 rings (SSSR count). The predicted molar refractivity (Wildman–Crippen MR) is 137 cm³/mol. The lowest BCUT2D eigenvalue weighted by Gasteiger charge is -2.18. The molecule has 0 aliphatic rings. The Morgan fingerprint density at radius 2 is 1.67 bits per heavy atom. The van der Waals surface area contributed by atoms with Crippen molar-refractivity contribution in [3.8, 4) is 22.6 Å². The fourth-order valence-corrected chi connectivity index (χ4v) is 4.23. The van der Waals surface area contributed by atoms with Crippen molar-refractivity contribution in [2.24, 2.45) is 0 Å². The van der Waals surface area contributed by atoms with E-state index >= 15 is 0 Å². The highest BCUT2D eigenvalue weighted by molar-refractivity contribution is 5.75. The smallest absolute Gasteiger partial charge is 0.440 e. The van der Waals surface area contributed by atoms with Crippen LogP contribution in [0.15, 0.2) is 68.7 Å². The Hall–Kier alpha value is -4.04. The van der Waals surface area contributed by atoms with Crippen LogP contribution in [0.2, 0.25) is 0 Å². The van der Waals surface area contributed by atoms with Crippen molar-refractivity contribution in [1.82, 2.24) is 9.72 Å². The van der Waals surface area contributed by atoms with E-state index in [1.807, 2.05) is 42.5 Å². The van der Waals surface area contributed by atoms with Gasteiger partial charge in [-0.2, -0.15) is 0 Å². The van der Waals surface area contributed by atoms with Gasteiger partial charge < -0.3 is 19.1 Å². The molecule has 0 saturated heterocycles. The van der Waals surface area contributed by atoms with E-state index in [0.29, 0.717) is 25.4 Å². The quantitative estimate of drug-likeness (QED) is 0.324. The SMILES string of the molecule is Cc1cc(OCCCO)cc(C)c1-c1cccc(COc2ccc(Cn3oc(=O)[nH]c3=O)cc2)c1C. The molecule has 0 atom stereocenters. The third kappa shape index (κ3) is 5.78. The number of aryl methyl sites for hydroxylation is 2. The standard InChI is InChI=1S/C28H30N2O6/c1-18-14-24(34-13-5-12-31)15-19(2)26(18)25-7-4-6-22(20(25)3)17-35-23-10-8-21(9-11-23)16-30-27(32)29-28(33)36-30/h4,6-11,14-15,31H,5,12-13,16-17H2,1-3H3,(H,29,32,33). The van der Waals surface area contributed by atoms with Crippen LogP contribution < -0.4 is 20.9 Å². The van der Waals surface area contributed by atoms with E-state index in [9.17, 15) is 9.59 Å². The Bertz CT molecular complexity index is 1420. The number of aromatic amines is 1. The summed E-state index contributed by atoms with van der Waals surface area (Å²) in [5.41, 5.74) is 7.05. The summed E-state index contributed by atoms with van der Waals surface area (Å²) in [6, 6.07) is 17.6. The minimum Gasteiger partial charge on any atom is -0.493 e. The largest absolute Gasteiger partial charge is 0.493 e. The molecule has 0 amide bonds. The normalized spacial score (nSPS) is 11.0. The van der Waals surface area contributed by atoms with Crippen LogP contribution in [0.25, 0.3) is 11.1 Å². The average Bonchev–Trinajstić information content (AvgIpc) is 3.16. The van der Waals surface area contributed by atoms with Crippen LogP contribution in [-0.2, 0) is 13.2 Å². The summed E-state index contributed by atoms with van der Waals surface area (Å²) >= 11 is 0. The highest BCUT2D eigenvalue weighted by Gasteiger charge is 2.13. The zero-order valence-electron chi connectivity index (χ0n) is 20.7. The van der Waals surface area contributed by atoms with Crippen LogP contribution in [0, 0.1) is 20.8 Å². The molecule has 8 nitrogen and oxygen atoms in total. The van der Waals surface area contributed by atoms with Gasteiger partial charge in [-0.05, 0) is 84.0 Å². The number of benzene rings is 3. The molecule has 188 valence electrons. The maximum Gasteiger partial charge on any atom is 0.440 e. The summed E-state index contributed by atoms with van der Waals surface area (Å²) in [4.78, 5) is 24.8. The number of hydrogen-bond donors (Lipinski definition) is 2. The Morgan fingerprint density at radius 3 is 2.31 bits per heavy atom. The lowest BCUT2D eigenvalue weighted by molar-refractivity contribution is 0.233. The Labute approximate surface area is 208 Å². The van der Waals surface area contributed by atoms with Crippen LogP contribution in [0.1, 0.15) is 34.2 Å². The Kier molecular flexibility index (Phi) is 7.75. The molecule has 0 fully saturated rings. The van der Waals surface area contributed by atoms with Gasteiger partial charge in [0.05, 0.1) is 13.2 Å². The first-order valence-electron chi connectivity index (χ1n) is 11.8. The van der Waals surface area contributed by atoms with E-state index in [1.165, 1.54) is 5.56 Å². The Balaban J connectivity index is 1.47. The van der Waals surface area contributed by atoms with Gasteiger partial charge in [-0.25, -0.2) is 14.6 Å². The molecule has 0 aliphatic carbocycles. The van der Waals surface area contributed by atoms with E-state index in [1.54, 1.807) is 0 Å². The van der Waals surface area contributed by atoms with Gasteiger partial charge in [0.25, 0.3) is 0 Å². The lowest BCUT2D eigenvalue weighted by atomic mass is 9.90. The maximum absolute atomic E-state index is 11.6. The number of aromatic nitrogens is 2. The number of nitrogens with one attached hydrogen (secondary N) is 1. The molecular weight excluding hydrogens is 460 g/mol. The van der Waals surface area contributed by atoms with Crippen molar-refractivity contribution in [2.45, 2.75) is 40.3 Å². The van der Waals surface area contributed by atoms with E-state index < -0.39 is 11.4 Å². The predicted octanol–water partition coefficient (Wildman–Crippen LogP) is 4.11. The molecule has 8 heteroatoms. The molecule has 4 aromatic rings. The van der Waals surface area contributed by atoms with Gasteiger partial charge in [0.15, 0.2) is 0 Å². The first kappa shape index (κ1) is 25.1. The minimum absolute atomic E-state index is 0.114. The molecule has 0 aliphatic heterocycles. The Morgan fingerprint density at radius 1 is 0.944 bits per heavy atom.